The minimum Gasteiger partial charge on any atom is -0.497 e. The molecule has 0 saturated carbocycles. The lowest BCUT2D eigenvalue weighted by Crippen LogP contribution is -2.21. The van der Waals surface area contributed by atoms with Gasteiger partial charge in [0.05, 0.1) is 24.8 Å². The van der Waals surface area contributed by atoms with Gasteiger partial charge in [0.2, 0.25) is 0 Å². The third-order valence-electron chi connectivity index (χ3n) is 6.15. The Bertz CT molecular complexity index is 1130. The first-order chi connectivity index (χ1) is 16.2. The molecule has 9 heteroatoms. The molecule has 0 aromatic carbocycles. The molecule has 5 nitrogen and oxygen atoms in total. The van der Waals surface area contributed by atoms with Crippen LogP contribution in [0, 0.1) is 0 Å². The summed E-state index contributed by atoms with van der Waals surface area (Å²) in [6.07, 6.45) is 9.92. The summed E-state index contributed by atoms with van der Waals surface area (Å²) in [5.74, 6) is -0.214. The van der Waals surface area contributed by atoms with E-state index in [4.69, 9.17) is 21.1 Å². The highest BCUT2D eigenvalue weighted by molar-refractivity contribution is 6.29. The molecule has 3 atom stereocenters. The Morgan fingerprint density at radius 1 is 1.18 bits per heavy atom. The maximum Gasteiger partial charge on any atom is 0.433 e. The predicted octanol–water partition coefficient (Wildman–Crippen LogP) is 5.77. The summed E-state index contributed by atoms with van der Waals surface area (Å²) in [5.41, 5.74) is 0.534. The summed E-state index contributed by atoms with van der Waals surface area (Å²) < 4.78 is 53.8. The molecule has 1 heterocycles. The molecule has 3 aliphatic rings. The lowest BCUT2D eigenvalue weighted by Gasteiger charge is -2.25. The Labute approximate surface area is 201 Å². The number of aliphatic hydroxyl groups is 1. The Kier molecular flexibility index (Phi) is 7.09. The summed E-state index contributed by atoms with van der Waals surface area (Å²) in [5, 5.41) is 15.9. The molecule has 0 saturated heterocycles. The van der Waals surface area contributed by atoms with Crippen molar-refractivity contribution in [1.29, 1.82) is 0 Å². The topological polar surface area (TPSA) is 56.5 Å². The summed E-state index contributed by atoms with van der Waals surface area (Å²) >= 11 is 5.98. The Hall–Kier alpha value is -2.71. The number of aliphatic hydroxyl groups excluding tert-OH is 1. The summed E-state index contributed by atoms with van der Waals surface area (Å²) in [7, 11) is 2.79. The van der Waals surface area contributed by atoms with Crippen molar-refractivity contribution in [1.82, 2.24) is 9.78 Å². The number of ether oxygens (including phenoxy) is 2. The van der Waals surface area contributed by atoms with E-state index in [9.17, 15) is 18.3 Å². The van der Waals surface area contributed by atoms with Crippen molar-refractivity contribution >= 4 is 11.6 Å². The molecule has 0 bridgehead atoms. The molecular weight excluding hydrogens is 469 g/mol. The maximum atomic E-state index is 14.0. The predicted molar refractivity (Wildman–Crippen MR) is 123 cm³/mol. The average Bonchev–Trinajstić information content (AvgIpc) is 3.16. The molecule has 182 valence electrons. The zero-order chi connectivity index (χ0) is 24.5. The first-order valence-electron chi connectivity index (χ1n) is 11.0. The molecule has 1 aromatic rings. The fourth-order valence-corrected chi connectivity index (χ4v) is 4.57. The largest absolute Gasteiger partial charge is 0.497 e. The molecule has 1 N–H and O–H groups in total. The molecule has 0 fully saturated rings. The van der Waals surface area contributed by atoms with Crippen molar-refractivity contribution in [2.75, 3.05) is 13.7 Å². The third-order valence-corrected chi connectivity index (χ3v) is 6.46. The van der Waals surface area contributed by atoms with Crippen LogP contribution in [0.4, 0.5) is 13.2 Å². The minimum absolute atomic E-state index is 0.0696. The van der Waals surface area contributed by atoms with Crippen molar-refractivity contribution in [2.24, 2.45) is 7.05 Å². The van der Waals surface area contributed by atoms with Gasteiger partial charge >= 0.3 is 6.18 Å². The van der Waals surface area contributed by atoms with Crippen molar-refractivity contribution in [3.8, 4) is 0 Å². The number of halogens is 4. The minimum atomic E-state index is -4.59. The zero-order valence-corrected chi connectivity index (χ0v) is 19.6. The van der Waals surface area contributed by atoms with Gasteiger partial charge in [-0.25, -0.2) is 0 Å². The number of aromatic nitrogens is 2. The van der Waals surface area contributed by atoms with Crippen LogP contribution in [0.5, 0.6) is 0 Å². The van der Waals surface area contributed by atoms with Gasteiger partial charge < -0.3 is 14.6 Å². The van der Waals surface area contributed by atoms with Gasteiger partial charge in [0.1, 0.15) is 23.8 Å². The molecule has 0 aliphatic heterocycles. The summed E-state index contributed by atoms with van der Waals surface area (Å²) in [6.45, 7) is 0.350. The van der Waals surface area contributed by atoms with E-state index in [0.717, 1.165) is 28.1 Å². The standard InChI is InChI=1S/C25H26ClF3N2O3/c1-31-24(25(27,28)29)22(16-5-9-18(33-2)10-6-16)23(30-31)20-12-11-19(13-21(20)32)34-14-15-3-7-17(26)8-4-15/h3,5,7,9-13,16,20-21,32H,4,6,8,14H2,1-2H3. The molecule has 0 spiro atoms. The van der Waals surface area contributed by atoms with Gasteiger partial charge in [0, 0.05) is 23.6 Å². The summed E-state index contributed by atoms with van der Waals surface area (Å²) in [6, 6.07) is 0. The van der Waals surface area contributed by atoms with Crippen LogP contribution in [0.25, 0.3) is 0 Å². The number of allylic oxidation sites excluding steroid dienone is 7. The SMILES string of the molecule is COC1=CCC(c2c(C3C=CC(OCC4=CC=C(Cl)CC4)=CC3O)nn(C)c2C(F)(F)F)C=C1. The van der Waals surface area contributed by atoms with Crippen LogP contribution >= 0.6 is 11.6 Å². The van der Waals surface area contributed by atoms with E-state index in [1.165, 1.54) is 20.2 Å². The van der Waals surface area contributed by atoms with Crippen molar-refractivity contribution in [3.05, 3.63) is 87.7 Å². The van der Waals surface area contributed by atoms with E-state index in [0.29, 0.717) is 24.5 Å². The second-order valence-corrected chi connectivity index (χ2v) is 8.94. The van der Waals surface area contributed by atoms with E-state index in [1.807, 2.05) is 12.2 Å². The van der Waals surface area contributed by atoms with E-state index in [1.54, 1.807) is 30.4 Å². The molecule has 1 aromatic heterocycles. The van der Waals surface area contributed by atoms with Crippen LogP contribution in [0.2, 0.25) is 0 Å². The van der Waals surface area contributed by atoms with Gasteiger partial charge in [0.15, 0.2) is 0 Å². The Morgan fingerprint density at radius 3 is 2.53 bits per heavy atom. The van der Waals surface area contributed by atoms with Gasteiger partial charge in [-0.3, -0.25) is 4.68 Å². The monoisotopic (exact) mass is 494 g/mol. The number of methoxy groups -OCH3 is 1. The Morgan fingerprint density at radius 2 is 1.94 bits per heavy atom. The van der Waals surface area contributed by atoms with Crippen LogP contribution in [-0.4, -0.2) is 34.7 Å². The molecular formula is C25H26ClF3N2O3. The number of aryl methyl sites for hydroxylation is 1. The van der Waals surface area contributed by atoms with Gasteiger partial charge in [-0.05, 0) is 55.2 Å². The highest BCUT2D eigenvalue weighted by atomic mass is 35.5. The molecule has 0 amide bonds. The zero-order valence-electron chi connectivity index (χ0n) is 18.8. The second-order valence-electron chi connectivity index (χ2n) is 8.45. The van der Waals surface area contributed by atoms with Crippen LogP contribution in [-0.2, 0) is 22.7 Å². The Balaban J connectivity index is 1.58. The lowest BCUT2D eigenvalue weighted by atomic mass is 9.83. The second kappa shape index (κ2) is 9.88. The fourth-order valence-electron chi connectivity index (χ4n) is 4.42. The maximum absolute atomic E-state index is 14.0. The van der Waals surface area contributed by atoms with Crippen molar-refractivity contribution < 1.29 is 27.8 Å². The van der Waals surface area contributed by atoms with Crippen molar-refractivity contribution in [2.45, 2.75) is 43.4 Å². The van der Waals surface area contributed by atoms with E-state index < -0.39 is 29.8 Å². The van der Waals surface area contributed by atoms with Crippen LogP contribution in [0.1, 0.15) is 48.0 Å². The van der Waals surface area contributed by atoms with E-state index >= 15 is 0 Å². The smallest absolute Gasteiger partial charge is 0.433 e. The van der Waals surface area contributed by atoms with Crippen molar-refractivity contribution in [3.63, 3.8) is 0 Å². The number of rotatable bonds is 6. The highest BCUT2D eigenvalue weighted by Gasteiger charge is 2.43. The normalized spacial score (nSPS) is 24.9. The van der Waals surface area contributed by atoms with Gasteiger partial charge in [-0.1, -0.05) is 29.8 Å². The first-order valence-corrected chi connectivity index (χ1v) is 11.4. The van der Waals surface area contributed by atoms with Gasteiger partial charge in [0.25, 0.3) is 0 Å². The summed E-state index contributed by atoms with van der Waals surface area (Å²) in [4.78, 5) is 0. The molecule has 4 rings (SSSR count). The van der Waals surface area contributed by atoms with Gasteiger partial charge in [-0.15, -0.1) is 0 Å². The van der Waals surface area contributed by atoms with Crippen LogP contribution < -0.4 is 0 Å². The van der Waals surface area contributed by atoms with E-state index in [2.05, 4.69) is 5.10 Å². The fraction of sp³-hybridized carbons (Fsp3) is 0.400. The molecule has 3 aliphatic carbocycles. The quantitative estimate of drug-likeness (QED) is 0.545. The number of alkyl halides is 3. The molecule has 34 heavy (non-hydrogen) atoms. The number of hydrogen-bond acceptors (Lipinski definition) is 4. The average molecular weight is 495 g/mol. The highest BCUT2D eigenvalue weighted by Crippen LogP contribution is 2.43. The number of hydrogen-bond donors (Lipinski definition) is 1. The van der Waals surface area contributed by atoms with Gasteiger partial charge in [-0.2, -0.15) is 18.3 Å². The molecule has 3 unspecified atom stereocenters. The van der Waals surface area contributed by atoms with E-state index in [-0.39, 0.29) is 11.3 Å². The first kappa shape index (κ1) is 24.4. The third kappa shape index (κ3) is 5.18. The number of nitrogens with zero attached hydrogens (tertiary/aromatic N) is 2. The van der Waals surface area contributed by atoms with Crippen LogP contribution in [0.3, 0.4) is 0 Å². The lowest BCUT2D eigenvalue weighted by molar-refractivity contribution is -0.144. The molecule has 0 radical (unpaired) electrons. The van der Waals surface area contributed by atoms with Crippen LogP contribution in [0.15, 0.2) is 70.7 Å².